The van der Waals surface area contributed by atoms with Gasteiger partial charge >= 0.3 is 0 Å². The van der Waals surface area contributed by atoms with Crippen molar-refractivity contribution in [2.24, 2.45) is 0 Å². The van der Waals surface area contributed by atoms with Crippen molar-refractivity contribution < 1.29 is 5.11 Å². The molecule has 0 amide bonds. The van der Waals surface area contributed by atoms with Crippen molar-refractivity contribution in [3.05, 3.63) is 41.7 Å². The Kier molecular flexibility index (Phi) is 3.63. The molecule has 0 spiro atoms. The highest BCUT2D eigenvalue weighted by atomic mass is 16.3. The molecule has 1 aliphatic heterocycles. The summed E-state index contributed by atoms with van der Waals surface area (Å²) < 4.78 is 2.00. The normalized spacial score (nSPS) is 25.7. The molecule has 0 unspecified atom stereocenters. The maximum atomic E-state index is 9.72. The van der Waals surface area contributed by atoms with Gasteiger partial charge < -0.3 is 5.11 Å². The third kappa shape index (κ3) is 2.53. The van der Waals surface area contributed by atoms with E-state index in [0.717, 1.165) is 25.2 Å². The van der Waals surface area contributed by atoms with E-state index in [2.05, 4.69) is 44.7 Å². The third-order valence-corrected chi connectivity index (χ3v) is 4.77. The average Bonchev–Trinajstić information content (AvgIpc) is 3.15. The summed E-state index contributed by atoms with van der Waals surface area (Å²) in [5.74, 6) is 0.967. The molecule has 0 bridgehead atoms. The summed E-state index contributed by atoms with van der Waals surface area (Å²) in [6, 6.07) is 11.3. The molecule has 2 atom stereocenters. The fraction of sp³-hybridized carbons (Fsp3) is 0.562. The minimum atomic E-state index is 0.189. The Balaban J connectivity index is 1.61. The van der Waals surface area contributed by atoms with Gasteiger partial charge in [0.2, 0.25) is 0 Å². The molecular weight excluding hydrogens is 278 g/mol. The molecule has 1 aromatic heterocycles. The smallest absolute Gasteiger partial charge is 0.168 e. The van der Waals surface area contributed by atoms with Gasteiger partial charge in [-0.25, -0.2) is 4.68 Å². The van der Waals surface area contributed by atoms with Crippen LogP contribution in [-0.4, -0.2) is 42.9 Å². The number of tetrazole rings is 1. The van der Waals surface area contributed by atoms with Crippen LogP contribution in [0.4, 0.5) is 0 Å². The van der Waals surface area contributed by atoms with Crippen molar-refractivity contribution in [1.29, 1.82) is 0 Å². The van der Waals surface area contributed by atoms with Gasteiger partial charge in [0.05, 0.1) is 18.7 Å². The van der Waals surface area contributed by atoms with Crippen LogP contribution in [0.15, 0.2) is 30.3 Å². The molecule has 2 aliphatic rings. The van der Waals surface area contributed by atoms with E-state index in [0.29, 0.717) is 6.04 Å². The highest BCUT2D eigenvalue weighted by molar-refractivity contribution is 5.16. The molecule has 1 aliphatic carbocycles. The van der Waals surface area contributed by atoms with Crippen LogP contribution >= 0.6 is 0 Å². The Bertz CT molecular complexity index is 624. The van der Waals surface area contributed by atoms with Crippen LogP contribution in [-0.2, 0) is 6.54 Å². The Labute approximate surface area is 129 Å². The highest BCUT2D eigenvalue weighted by Gasteiger charge is 2.39. The summed E-state index contributed by atoms with van der Waals surface area (Å²) in [7, 11) is 0. The average molecular weight is 299 g/mol. The molecule has 6 nitrogen and oxygen atoms in total. The Morgan fingerprint density at radius 3 is 2.64 bits per heavy atom. The molecule has 116 valence electrons. The Morgan fingerprint density at radius 2 is 1.91 bits per heavy atom. The Morgan fingerprint density at radius 1 is 1.09 bits per heavy atom. The first-order valence-electron chi connectivity index (χ1n) is 8.05. The number of likely N-dealkylation sites (tertiary alicyclic amines) is 1. The van der Waals surface area contributed by atoms with Gasteiger partial charge in [-0.05, 0) is 41.7 Å². The van der Waals surface area contributed by atoms with Gasteiger partial charge in [0, 0.05) is 12.6 Å². The lowest BCUT2D eigenvalue weighted by molar-refractivity contribution is 0.117. The van der Waals surface area contributed by atoms with Gasteiger partial charge in [0.1, 0.15) is 0 Å². The minimum absolute atomic E-state index is 0.189. The lowest BCUT2D eigenvalue weighted by Crippen LogP contribution is -2.34. The van der Waals surface area contributed by atoms with Crippen LogP contribution in [0.3, 0.4) is 0 Å². The second kappa shape index (κ2) is 5.78. The van der Waals surface area contributed by atoms with Gasteiger partial charge in [-0.15, -0.1) is 5.10 Å². The number of aromatic nitrogens is 4. The van der Waals surface area contributed by atoms with E-state index in [1.165, 1.54) is 18.4 Å². The summed E-state index contributed by atoms with van der Waals surface area (Å²) in [6.45, 7) is 1.02. The zero-order valence-corrected chi connectivity index (χ0v) is 12.5. The van der Waals surface area contributed by atoms with Crippen LogP contribution in [0.1, 0.15) is 49.2 Å². The number of aliphatic hydroxyl groups is 1. The van der Waals surface area contributed by atoms with Crippen LogP contribution in [0.2, 0.25) is 0 Å². The van der Waals surface area contributed by atoms with E-state index in [1.807, 2.05) is 10.7 Å². The van der Waals surface area contributed by atoms with Crippen LogP contribution in [0.25, 0.3) is 0 Å². The van der Waals surface area contributed by atoms with Crippen molar-refractivity contribution in [2.45, 2.75) is 50.4 Å². The molecule has 22 heavy (non-hydrogen) atoms. The first kappa shape index (κ1) is 13.8. The number of hydrogen-bond acceptors (Lipinski definition) is 5. The zero-order chi connectivity index (χ0) is 14.9. The van der Waals surface area contributed by atoms with Gasteiger partial charge in [-0.3, -0.25) is 4.90 Å². The Hall–Kier alpha value is -1.79. The lowest BCUT2D eigenvalue weighted by Gasteiger charge is -2.28. The van der Waals surface area contributed by atoms with Crippen LogP contribution in [0.5, 0.6) is 0 Å². The third-order valence-electron chi connectivity index (χ3n) is 4.77. The SMILES string of the molecule is OC[C@@H]1CC[C@H](c2nnnn2C2CC2)N1Cc1ccccc1. The molecule has 1 saturated carbocycles. The van der Waals surface area contributed by atoms with Gasteiger partial charge in [-0.2, -0.15) is 0 Å². The minimum Gasteiger partial charge on any atom is -0.395 e. The van der Waals surface area contributed by atoms with Crippen molar-refractivity contribution in [3.8, 4) is 0 Å². The lowest BCUT2D eigenvalue weighted by atomic mass is 10.1. The maximum Gasteiger partial charge on any atom is 0.168 e. The zero-order valence-electron chi connectivity index (χ0n) is 12.5. The molecule has 1 saturated heterocycles. The summed E-state index contributed by atoms with van der Waals surface area (Å²) in [6.07, 6.45) is 4.34. The second-order valence-electron chi connectivity index (χ2n) is 6.30. The van der Waals surface area contributed by atoms with E-state index in [1.54, 1.807) is 0 Å². The molecule has 1 aromatic carbocycles. The fourth-order valence-corrected chi connectivity index (χ4v) is 3.44. The van der Waals surface area contributed by atoms with E-state index in [9.17, 15) is 5.11 Å². The predicted molar refractivity (Wildman–Crippen MR) is 80.9 cm³/mol. The second-order valence-corrected chi connectivity index (χ2v) is 6.30. The largest absolute Gasteiger partial charge is 0.395 e. The number of benzene rings is 1. The first-order chi connectivity index (χ1) is 10.9. The number of rotatable bonds is 5. The summed E-state index contributed by atoms with van der Waals surface area (Å²) in [5.41, 5.74) is 1.26. The van der Waals surface area contributed by atoms with Gasteiger partial charge in [0.25, 0.3) is 0 Å². The van der Waals surface area contributed by atoms with E-state index in [-0.39, 0.29) is 18.7 Å². The molecule has 4 rings (SSSR count). The van der Waals surface area contributed by atoms with Crippen molar-refractivity contribution >= 4 is 0 Å². The van der Waals surface area contributed by atoms with Crippen LogP contribution in [0, 0.1) is 0 Å². The van der Waals surface area contributed by atoms with Crippen molar-refractivity contribution in [1.82, 2.24) is 25.1 Å². The van der Waals surface area contributed by atoms with E-state index < -0.39 is 0 Å². The standard InChI is InChI=1S/C16H21N5O/c22-11-14-8-9-15(16-17-18-19-21(16)13-6-7-13)20(14)10-12-4-2-1-3-5-12/h1-5,13-15,22H,6-11H2/t14-,15+/m0/s1. The first-order valence-corrected chi connectivity index (χ1v) is 8.05. The molecule has 0 radical (unpaired) electrons. The molecule has 6 heteroatoms. The molecule has 2 aromatic rings. The summed E-state index contributed by atoms with van der Waals surface area (Å²) in [4.78, 5) is 2.36. The number of nitrogens with zero attached hydrogens (tertiary/aromatic N) is 5. The topological polar surface area (TPSA) is 67.1 Å². The quantitative estimate of drug-likeness (QED) is 0.910. The van der Waals surface area contributed by atoms with Gasteiger partial charge in [-0.1, -0.05) is 30.3 Å². The molecule has 1 N–H and O–H groups in total. The predicted octanol–water partition coefficient (Wildman–Crippen LogP) is 1.71. The monoisotopic (exact) mass is 299 g/mol. The number of hydrogen-bond donors (Lipinski definition) is 1. The van der Waals surface area contributed by atoms with E-state index >= 15 is 0 Å². The maximum absolute atomic E-state index is 9.72. The van der Waals surface area contributed by atoms with Gasteiger partial charge in [0.15, 0.2) is 5.82 Å². The van der Waals surface area contributed by atoms with Crippen LogP contribution < -0.4 is 0 Å². The molecular formula is C16H21N5O. The fourth-order valence-electron chi connectivity index (χ4n) is 3.44. The van der Waals surface area contributed by atoms with Crippen molar-refractivity contribution in [2.75, 3.05) is 6.61 Å². The molecule has 2 heterocycles. The molecule has 2 fully saturated rings. The van der Waals surface area contributed by atoms with Crippen molar-refractivity contribution in [3.63, 3.8) is 0 Å². The summed E-state index contributed by atoms with van der Waals surface area (Å²) in [5, 5.41) is 22.1. The van der Waals surface area contributed by atoms with E-state index in [4.69, 9.17) is 0 Å². The number of aliphatic hydroxyl groups excluding tert-OH is 1. The summed E-state index contributed by atoms with van der Waals surface area (Å²) >= 11 is 0. The highest BCUT2D eigenvalue weighted by Crippen LogP contribution is 2.40.